The van der Waals surface area contributed by atoms with Crippen molar-refractivity contribution in [3.63, 3.8) is 0 Å². The van der Waals surface area contributed by atoms with E-state index in [-0.39, 0.29) is 0 Å². The number of unbranched alkanes of at least 4 members (excludes halogenated alkanes) is 5. The van der Waals surface area contributed by atoms with E-state index < -0.39 is 0 Å². The van der Waals surface area contributed by atoms with Gasteiger partial charge >= 0.3 is 0 Å². The van der Waals surface area contributed by atoms with Gasteiger partial charge in [0.1, 0.15) is 6.29 Å². The normalized spacial score (nSPS) is 25.6. The second-order valence-electron chi connectivity index (χ2n) is 7.25. The molecule has 2 nitrogen and oxygen atoms in total. The van der Waals surface area contributed by atoms with Crippen molar-refractivity contribution in [2.24, 2.45) is 11.3 Å². The second kappa shape index (κ2) is 9.55. The zero-order valence-corrected chi connectivity index (χ0v) is 13.8. The van der Waals surface area contributed by atoms with Crippen molar-refractivity contribution < 1.29 is 9.53 Å². The number of ether oxygens (including phenoxy) is 1. The van der Waals surface area contributed by atoms with E-state index >= 15 is 0 Å². The van der Waals surface area contributed by atoms with Gasteiger partial charge in [0, 0.05) is 13.0 Å². The molecule has 20 heavy (non-hydrogen) atoms. The summed E-state index contributed by atoms with van der Waals surface area (Å²) in [5.74, 6) is 0.441. The zero-order chi connectivity index (χ0) is 14.8. The average Bonchev–Trinajstić information content (AvgIpc) is 2.39. The van der Waals surface area contributed by atoms with Gasteiger partial charge in [-0.1, -0.05) is 52.9 Å². The minimum absolute atomic E-state index is 0.323. The van der Waals surface area contributed by atoms with Gasteiger partial charge in [0.15, 0.2) is 0 Å². The maximum Gasteiger partial charge on any atom is 0.120 e. The van der Waals surface area contributed by atoms with Crippen LogP contribution in [-0.4, -0.2) is 19.0 Å². The van der Waals surface area contributed by atoms with Gasteiger partial charge in [-0.25, -0.2) is 0 Å². The summed E-state index contributed by atoms with van der Waals surface area (Å²) in [5, 5.41) is 0. The third-order valence-electron chi connectivity index (χ3n) is 4.67. The Balaban J connectivity index is 2.19. The Hall–Kier alpha value is -0.370. The fraction of sp³-hybridized carbons (Fsp3) is 0.944. The van der Waals surface area contributed by atoms with Crippen molar-refractivity contribution in [2.75, 3.05) is 6.61 Å². The minimum Gasteiger partial charge on any atom is -0.378 e. The lowest BCUT2D eigenvalue weighted by atomic mass is 9.70. The van der Waals surface area contributed by atoms with Crippen molar-refractivity contribution in [3.8, 4) is 0 Å². The molecule has 0 saturated heterocycles. The van der Waals surface area contributed by atoms with E-state index in [4.69, 9.17) is 4.74 Å². The number of hydrogen-bond donors (Lipinski definition) is 0. The molecule has 0 aromatic rings. The Bertz CT molecular complexity index is 260. The smallest absolute Gasteiger partial charge is 0.120 e. The molecule has 0 unspecified atom stereocenters. The average molecular weight is 282 g/mol. The van der Waals surface area contributed by atoms with Crippen LogP contribution in [0.4, 0.5) is 0 Å². The summed E-state index contributed by atoms with van der Waals surface area (Å²) < 4.78 is 6.09. The maximum absolute atomic E-state index is 10.9. The highest BCUT2D eigenvalue weighted by Crippen LogP contribution is 2.41. The first-order valence-corrected chi connectivity index (χ1v) is 8.64. The molecule has 0 aromatic carbocycles. The summed E-state index contributed by atoms with van der Waals surface area (Å²) in [6, 6.07) is 0. The lowest BCUT2D eigenvalue weighted by Gasteiger charge is -2.40. The maximum atomic E-state index is 10.9. The molecule has 1 aliphatic rings. The van der Waals surface area contributed by atoms with Crippen LogP contribution in [0.1, 0.15) is 85.0 Å². The summed E-state index contributed by atoms with van der Waals surface area (Å²) >= 11 is 0. The lowest BCUT2D eigenvalue weighted by Crippen LogP contribution is -2.35. The molecule has 1 fully saturated rings. The molecular formula is C18H34O2. The predicted octanol–water partition coefficient (Wildman–Crippen LogP) is 5.15. The molecule has 0 radical (unpaired) electrons. The van der Waals surface area contributed by atoms with Crippen molar-refractivity contribution in [1.29, 1.82) is 0 Å². The molecule has 1 saturated carbocycles. The number of carbonyl (C=O) groups is 1. The Kier molecular flexibility index (Phi) is 8.44. The van der Waals surface area contributed by atoms with Gasteiger partial charge in [0.25, 0.3) is 0 Å². The first kappa shape index (κ1) is 17.7. The predicted molar refractivity (Wildman–Crippen MR) is 84.9 cm³/mol. The summed E-state index contributed by atoms with van der Waals surface area (Å²) in [6.07, 6.45) is 13.4. The van der Waals surface area contributed by atoms with Crippen molar-refractivity contribution >= 4 is 6.29 Å². The number of hydrogen-bond acceptors (Lipinski definition) is 2. The SMILES string of the molecule is CCCCCCCCO[C@@H]1CCC(C)(C)C[C@H]1CC=O. The van der Waals surface area contributed by atoms with Gasteiger partial charge in [0.05, 0.1) is 6.10 Å². The first-order chi connectivity index (χ1) is 9.59. The highest BCUT2D eigenvalue weighted by molar-refractivity contribution is 5.49. The molecule has 0 N–H and O–H groups in total. The monoisotopic (exact) mass is 282 g/mol. The Morgan fingerprint density at radius 2 is 1.85 bits per heavy atom. The van der Waals surface area contributed by atoms with Crippen LogP contribution in [0.2, 0.25) is 0 Å². The van der Waals surface area contributed by atoms with Crippen LogP contribution in [0, 0.1) is 11.3 Å². The van der Waals surface area contributed by atoms with Crippen molar-refractivity contribution in [3.05, 3.63) is 0 Å². The fourth-order valence-electron chi connectivity index (χ4n) is 3.41. The second-order valence-corrected chi connectivity index (χ2v) is 7.25. The van der Waals surface area contributed by atoms with Gasteiger partial charge in [-0.15, -0.1) is 0 Å². The summed E-state index contributed by atoms with van der Waals surface area (Å²) in [5.41, 5.74) is 0.383. The molecule has 0 aliphatic heterocycles. The summed E-state index contributed by atoms with van der Waals surface area (Å²) in [6.45, 7) is 7.76. The molecule has 0 bridgehead atoms. The van der Waals surface area contributed by atoms with E-state index in [1.54, 1.807) is 0 Å². The van der Waals surface area contributed by atoms with E-state index in [0.29, 0.717) is 23.9 Å². The van der Waals surface area contributed by atoms with Crippen LogP contribution >= 0.6 is 0 Å². The van der Waals surface area contributed by atoms with Crippen molar-refractivity contribution in [2.45, 2.75) is 91.1 Å². The molecule has 2 atom stereocenters. The van der Waals surface area contributed by atoms with Gasteiger partial charge < -0.3 is 9.53 Å². The largest absolute Gasteiger partial charge is 0.378 e. The van der Waals surface area contributed by atoms with Crippen LogP contribution in [0.3, 0.4) is 0 Å². The molecule has 0 aromatic heterocycles. The van der Waals surface area contributed by atoms with Gasteiger partial charge in [-0.3, -0.25) is 0 Å². The van der Waals surface area contributed by atoms with Gasteiger partial charge in [-0.05, 0) is 37.0 Å². The molecule has 1 aliphatic carbocycles. The number of aldehydes is 1. The van der Waals surface area contributed by atoms with Gasteiger partial charge in [-0.2, -0.15) is 0 Å². The lowest BCUT2D eigenvalue weighted by molar-refractivity contribution is -0.111. The van der Waals surface area contributed by atoms with Crippen molar-refractivity contribution in [1.82, 2.24) is 0 Å². The van der Waals surface area contributed by atoms with Crippen LogP contribution in [0.25, 0.3) is 0 Å². The Labute approximate surface area is 125 Å². The van der Waals surface area contributed by atoms with Crippen LogP contribution in [0.15, 0.2) is 0 Å². The summed E-state index contributed by atoms with van der Waals surface area (Å²) in [7, 11) is 0. The van der Waals surface area contributed by atoms with E-state index in [9.17, 15) is 4.79 Å². The first-order valence-electron chi connectivity index (χ1n) is 8.64. The van der Waals surface area contributed by atoms with E-state index in [1.807, 2.05) is 0 Å². The molecule has 0 heterocycles. The highest BCUT2D eigenvalue weighted by Gasteiger charge is 2.34. The quantitative estimate of drug-likeness (QED) is 0.409. The third-order valence-corrected chi connectivity index (χ3v) is 4.67. The van der Waals surface area contributed by atoms with Crippen LogP contribution in [0.5, 0.6) is 0 Å². The topological polar surface area (TPSA) is 26.3 Å². The fourth-order valence-corrected chi connectivity index (χ4v) is 3.41. The highest BCUT2D eigenvalue weighted by atomic mass is 16.5. The molecule has 118 valence electrons. The third kappa shape index (κ3) is 6.88. The van der Waals surface area contributed by atoms with E-state index in [1.165, 1.54) is 44.9 Å². The Morgan fingerprint density at radius 1 is 1.15 bits per heavy atom. The molecule has 1 rings (SSSR count). The minimum atomic E-state index is 0.323. The van der Waals surface area contributed by atoms with E-state index in [0.717, 1.165) is 25.7 Å². The Morgan fingerprint density at radius 3 is 2.55 bits per heavy atom. The summed E-state index contributed by atoms with van der Waals surface area (Å²) in [4.78, 5) is 10.9. The number of carbonyl (C=O) groups excluding carboxylic acids is 1. The molecule has 0 spiro atoms. The standard InChI is InChI=1S/C18H34O2/c1-4-5-6-7-8-9-14-20-17-10-12-18(2,3)15-16(17)11-13-19/h13,16-17H,4-12,14-15H2,1-3H3/t16-,17-/m1/s1. The van der Waals surface area contributed by atoms with Crippen LogP contribution < -0.4 is 0 Å². The van der Waals surface area contributed by atoms with E-state index in [2.05, 4.69) is 20.8 Å². The van der Waals surface area contributed by atoms with Crippen LogP contribution in [-0.2, 0) is 9.53 Å². The number of rotatable bonds is 10. The zero-order valence-electron chi connectivity index (χ0n) is 13.8. The molecular weight excluding hydrogens is 248 g/mol. The molecule has 0 amide bonds. The molecule has 2 heteroatoms. The van der Waals surface area contributed by atoms with Gasteiger partial charge in [0.2, 0.25) is 0 Å².